The molecular formula is C15H18Br3N3. The first kappa shape index (κ1) is 17.2. The fraction of sp³-hybridized carbons (Fsp3) is 0.400. The number of nitrogens with zero attached hydrogens (tertiary/aromatic N) is 2. The quantitative estimate of drug-likeness (QED) is 0.611. The van der Waals surface area contributed by atoms with Crippen LogP contribution in [0.25, 0.3) is 0 Å². The fourth-order valence-electron chi connectivity index (χ4n) is 2.31. The summed E-state index contributed by atoms with van der Waals surface area (Å²) in [6.45, 7) is 6.08. The van der Waals surface area contributed by atoms with Gasteiger partial charge in [-0.2, -0.15) is 5.10 Å². The van der Waals surface area contributed by atoms with E-state index in [1.807, 2.05) is 16.9 Å². The summed E-state index contributed by atoms with van der Waals surface area (Å²) in [5.74, 6) is 0. The Morgan fingerprint density at radius 1 is 1.14 bits per heavy atom. The lowest BCUT2D eigenvalue weighted by molar-refractivity contribution is 0.528. The Bertz CT molecular complexity index is 590. The average Bonchev–Trinajstić information content (AvgIpc) is 2.80. The Kier molecular flexibility index (Phi) is 6.47. The summed E-state index contributed by atoms with van der Waals surface area (Å²) in [5.41, 5.74) is 2.37. The van der Waals surface area contributed by atoms with Crippen molar-refractivity contribution in [2.24, 2.45) is 0 Å². The Hall–Kier alpha value is -0.170. The van der Waals surface area contributed by atoms with Crippen molar-refractivity contribution in [3.8, 4) is 0 Å². The molecule has 0 bridgehead atoms. The van der Waals surface area contributed by atoms with Crippen molar-refractivity contribution in [2.45, 2.75) is 32.9 Å². The van der Waals surface area contributed by atoms with Gasteiger partial charge >= 0.3 is 0 Å². The zero-order valence-corrected chi connectivity index (χ0v) is 16.8. The second kappa shape index (κ2) is 7.90. The second-order valence-electron chi connectivity index (χ2n) is 4.78. The predicted octanol–water partition coefficient (Wildman–Crippen LogP) is 5.28. The van der Waals surface area contributed by atoms with Crippen molar-refractivity contribution in [3.63, 3.8) is 0 Å². The molecule has 1 aromatic carbocycles. The highest BCUT2D eigenvalue weighted by atomic mass is 79.9. The number of halogens is 3. The lowest BCUT2D eigenvalue weighted by atomic mass is 10.0. The maximum Gasteiger partial charge on any atom is 0.0760 e. The van der Waals surface area contributed by atoms with Crippen LogP contribution >= 0.6 is 47.8 Å². The van der Waals surface area contributed by atoms with Crippen LogP contribution in [0.2, 0.25) is 0 Å². The molecule has 2 rings (SSSR count). The minimum absolute atomic E-state index is 0.107. The predicted molar refractivity (Wildman–Crippen MR) is 97.6 cm³/mol. The van der Waals surface area contributed by atoms with Gasteiger partial charge in [0.05, 0.1) is 22.4 Å². The summed E-state index contributed by atoms with van der Waals surface area (Å²) < 4.78 is 5.20. The molecule has 3 nitrogen and oxygen atoms in total. The van der Waals surface area contributed by atoms with Crippen LogP contribution in [0.15, 0.2) is 37.8 Å². The van der Waals surface area contributed by atoms with E-state index in [0.717, 1.165) is 38.6 Å². The number of benzene rings is 1. The Labute approximate surface area is 150 Å². The summed E-state index contributed by atoms with van der Waals surface area (Å²) in [5, 5.41) is 8.07. The van der Waals surface area contributed by atoms with Crippen molar-refractivity contribution < 1.29 is 0 Å². The van der Waals surface area contributed by atoms with Gasteiger partial charge in [-0.3, -0.25) is 4.68 Å². The van der Waals surface area contributed by atoms with E-state index in [2.05, 4.69) is 84.2 Å². The highest BCUT2D eigenvalue weighted by Crippen LogP contribution is 2.32. The van der Waals surface area contributed by atoms with Gasteiger partial charge in [-0.1, -0.05) is 38.8 Å². The third-order valence-corrected chi connectivity index (χ3v) is 4.75. The molecule has 1 atom stereocenters. The lowest BCUT2D eigenvalue weighted by Gasteiger charge is -2.21. The second-order valence-corrected chi connectivity index (χ2v) is 7.47. The van der Waals surface area contributed by atoms with Crippen LogP contribution in [-0.2, 0) is 6.54 Å². The molecule has 1 heterocycles. The van der Waals surface area contributed by atoms with Crippen LogP contribution in [0.3, 0.4) is 0 Å². The highest BCUT2D eigenvalue weighted by molar-refractivity contribution is 9.11. The van der Waals surface area contributed by atoms with Gasteiger partial charge in [0.15, 0.2) is 0 Å². The first-order chi connectivity index (χ1) is 10.1. The van der Waals surface area contributed by atoms with Gasteiger partial charge in [-0.15, -0.1) is 0 Å². The first-order valence-corrected chi connectivity index (χ1v) is 9.35. The Morgan fingerprint density at radius 2 is 1.81 bits per heavy atom. The third-order valence-electron chi connectivity index (χ3n) is 3.22. The van der Waals surface area contributed by atoms with Crippen LogP contribution in [0, 0.1) is 0 Å². The molecule has 0 saturated heterocycles. The Morgan fingerprint density at radius 3 is 2.38 bits per heavy atom. The molecular weight excluding hydrogens is 462 g/mol. The maximum atomic E-state index is 4.44. The topological polar surface area (TPSA) is 29.9 Å². The van der Waals surface area contributed by atoms with Gasteiger partial charge in [-0.25, -0.2) is 0 Å². The molecule has 114 valence electrons. The number of hydrogen-bond donors (Lipinski definition) is 1. The molecule has 0 radical (unpaired) electrons. The van der Waals surface area contributed by atoms with Crippen LogP contribution < -0.4 is 5.32 Å². The van der Waals surface area contributed by atoms with Gasteiger partial charge in [0.25, 0.3) is 0 Å². The highest BCUT2D eigenvalue weighted by Gasteiger charge is 2.21. The monoisotopic (exact) mass is 477 g/mol. The molecule has 0 spiro atoms. The maximum absolute atomic E-state index is 4.44. The Balaban J connectivity index is 2.49. The van der Waals surface area contributed by atoms with E-state index >= 15 is 0 Å². The van der Waals surface area contributed by atoms with E-state index in [-0.39, 0.29) is 6.04 Å². The normalized spacial score (nSPS) is 12.6. The molecule has 1 unspecified atom stereocenters. The summed E-state index contributed by atoms with van der Waals surface area (Å²) in [6.07, 6.45) is 2.95. The van der Waals surface area contributed by atoms with Gasteiger partial charge in [0, 0.05) is 15.5 Å². The summed E-state index contributed by atoms with van der Waals surface area (Å²) in [6, 6.07) is 6.46. The van der Waals surface area contributed by atoms with E-state index in [0.29, 0.717) is 0 Å². The van der Waals surface area contributed by atoms with Crippen LogP contribution in [0.4, 0.5) is 0 Å². The smallest absolute Gasteiger partial charge is 0.0760 e. The zero-order valence-electron chi connectivity index (χ0n) is 12.0. The van der Waals surface area contributed by atoms with Crippen LogP contribution in [0.5, 0.6) is 0 Å². The van der Waals surface area contributed by atoms with Crippen molar-refractivity contribution in [1.82, 2.24) is 15.1 Å². The van der Waals surface area contributed by atoms with E-state index in [1.54, 1.807) is 0 Å². The molecule has 1 N–H and O–H groups in total. The van der Waals surface area contributed by atoms with Crippen LogP contribution in [-0.4, -0.2) is 16.3 Å². The van der Waals surface area contributed by atoms with E-state index in [1.165, 1.54) is 5.56 Å². The first-order valence-electron chi connectivity index (χ1n) is 6.97. The van der Waals surface area contributed by atoms with E-state index < -0.39 is 0 Å². The third kappa shape index (κ3) is 4.18. The summed E-state index contributed by atoms with van der Waals surface area (Å²) in [7, 11) is 0. The molecule has 0 saturated carbocycles. The zero-order chi connectivity index (χ0) is 15.4. The molecule has 0 amide bonds. The minimum Gasteiger partial charge on any atom is -0.305 e. The van der Waals surface area contributed by atoms with Gasteiger partial charge in [-0.05, 0) is 59.6 Å². The minimum atomic E-state index is 0.107. The molecule has 0 fully saturated rings. The summed E-state index contributed by atoms with van der Waals surface area (Å²) >= 11 is 10.8. The van der Waals surface area contributed by atoms with E-state index in [4.69, 9.17) is 0 Å². The molecule has 2 aromatic rings. The van der Waals surface area contributed by atoms with Gasteiger partial charge in [0.2, 0.25) is 0 Å². The lowest BCUT2D eigenvalue weighted by Crippen LogP contribution is -2.26. The molecule has 0 aliphatic heterocycles. The van der Waals surface area contributed by atoms with Crippen molar-refractivity contribution >= 4 is 47.8 Å². The molecule has 6 heteroatoms. The number of rotatable bonds is 6. The van der Waals surface area contributed by atoms with Gasteiger partial charge in [0.1, 0.15) is 0 Å². The van der Waals surface area contributed by atoms with Crippen molar-refractivity contribution in [2.75, 3.05) is 6.54 Å². The van der Waals surface area contributed by atoms with Gasteiger partial charge < -0.3 is 5.32 Å². The largest absolute Gasteiger partial charge is 0.305 e. The van der Waals surface area contributed by atoms with Crippen LogP contribution in [0.1, 0.15) is 37.6 Å². The molecule has 0 aliphatic rings. The number of aromatic nitrogens is 2. The standard InChI is InChI=1S/C15H18Br3N3/c1-3-5-19-14(10-6-11(16)8-12(17)7-10)15-13(18)9-20-21(15)4-2/h6-9,14,19H,3-5H2,1-2H3. The SMILES string of the molecule is CCCNC(c1cc(Br)cc(Br)c1)c1c(Br)cnn1CC. The number of nitrogens with one attached hydrogen (secondary N) is 1. The fourth-order valence-corrected chi connectivity index (χ4v) is 4.17. The number of hydrogen-bond acceptors (Lipinski definition) is 2. The average molecular weight is 480 g/mol. The van der Waals surface area contributed by atoms with E-state index in [9.17, 15) is 0 Å². The van der Waals surface area contributed by atoms with Crippen molar-refractivity contribution in [3.05, 3.63) is 49.1 Å². The molecule has 0 aliphatic carbocycles. The molecule has 21 heavy (non-hydrogen) atoms. The van der Waals surface area contributed by atoms with Crippen molar-refractivity contribution in [1.29, 1.82) is 0 Å². The number of aryl methyl sites for hydroxylation is 1. The molecule has 1 aromatic heterocycles. The summed E-state index contributed by atoms with van der Waals surface area (Å²) in [4.78, 5) is 0.